The van der Waals surface area contributed by atoms with Crippen molar-refractivity contribution in [1.29, 1.82) is 0 Å². The number of carbonyl (C=O) groups excluding carboxylic acids is 1. The van der Waals surface area contributed by atoms with Crippen LogP contribution in [-0.2, 0) is 4.79 Å². The lowest BCUT2D eigenvalue weighted by Gasteiger charge is -2.21. The molecular formula is C14H18BrNO3. The third-order valence-corrected chi connectivity index (χ3v) is 3.52. The van der Waals surface area contributed by atoms with Crippen molar-refractivity contribution in [2.75, 3.05) is 19.8 Å². The fraction of sp³-hybridized carbons (Fsp3) is 0.500. The van der Waals surface area contributed by atoms with Crippen LogP contribution in [0.5, 0.6) is 5.75 Å². The fourth-order valence-electron chi connectivity index (χ4n) is 1.96. The smallest absolute Gasteiger partial charge is 0.226 e. The van der Waals surface area contributed by atoms with Gasteiger partial charge < -0.3 is 14.7 Å². The van der Waals surface area contributed by atoms with Crippen LogP contribution in [0.4, 0.5) is 0 Å². The van der Waals surface area contributed by atoms with E-state index in [-0.39, 0.29) is 12.5 Å². The van der Waals surface area contributed by atoms with Crippen LogP contribution in [-0.4, -0.2) is 41.7 Å². The van der Waals surface area contributed by atoms with Gasteiger partial charge in [0.25, 0.3) is 0 Å². The van der Waals surface area contributed by atoms with Crippen LogP contribution in [0.2, 0.25) is 0 Å². The van der Waals surface area contributed by atoms with Crippen molar-refractivity contribution in [1.82, 2.24) is 4.90 Å². The lowest BCUT2D eigenvalue weighted by Crippen LogP contribution is -2.36. The maximum absolute atomic E-state index is 12.0. The van der Waals surface area contributed by atoms with E-state index in [1.165, 1.54) is 0 Å². The van der Waals surface area contributed by atoms with Crippen LogP contribution in [0.1, 0.15) is 19.3 Å². The molecule has 1 amide bonds. The molecule has 0 radical (unpaired) electrons. The average molecular weight is 328 g/mol. The van der Waals surface area contributed by atoms with Gasteiger partial charge in [-0.15, -0.1) is 0 Å². The number of nitrogens with zero attached hydrogens (tertiary/aromatic N) is 1. The second-order valence-corrected chi connectivity index (χ2v) is 5.51. The highest BCUT2D eigenvalue weighted by Crippen LogP contribution is 2.27. The maximum Gasteiger partial charge on any atom is 0.226 e. The lowest BCUT2D eigenvalue weighted by molar-refractivity contribution is -0.132. The zero-order valence-electron chi connectivity index (χ0n) is 10.7. The number of aliphatic hydroxyl groups excluding tert-OH is 1. The van der Waals surface area contributed by atoms with E-state index < -0.39 is 0 Å². The quantitative estimate of drug-likeness (QED) is 0.835. The highest BCUT2D eigenvalue weighted by Gasteiger charge is 2.31. The van der Waals surface area contributed by atoms with Crippen LogP contribution < -0.4 is 4.74 Å². The Bertz CT molecular complexity index is 434. The summed E-state index contributed by atoms with van der Waals surface area (Å²) < 4.78 is 6.50. The number of carbonyl (C=O) groups is 1. The molecule has 1 aliphatic carbocycles. The van der Waals surface area contributed by atoms with E-state index in [0.717, 1.165) is 23.1 Å². The third-order valence-electron chi connectivity index (χ3n) is 3.03. The Labute approximate surface area is 121 Å². The summed E-state index contributed by atoms with van der Waals surface area (Å²) in [6.07, 6.45) is 2.46. The SMILES string of the molecule is O=C(CCOc1cccc(Br)c1)N(CCO)C1CC1. The van der Waals surface area contributed by atoms with Gasteiger partial charge in [0.05, 0.1) is 19.6 Å². The Hall–Kier alpha value is -1.07. The van der Waals surface area contributed by atoms with Crippen molar-refractivity contribution >= 4 is 21.8 Å². The molecule has 5 heteroatoms. The number of rotatable bonds is 7. The molecule has 0 atom stereocenters. The number of benzene rings is 1. The van der Waals surface area contributed by atoms with Crippen molar-refractivity contribution in [3.05, 3.63) is 28.7 Å². The van der Waals surface area contributed by atoms with Crippen molar-refractivity contribution in [3.8, 4) is 5.75 Å². The number of ether oxygens (including phenoxy) is 1. The monoisotopic (exact) mass is 327 g/mol. The fourth-order valence-corrected chi connectivity index (χ4v) is 2.34. The predicted octanol–water partition coefficient (Wildman–Crippen LogP) is 2.20. The molecule has 1 fully saturated rings. The zero-order valence-corrected chi connectivity index (χ0v) is 12.3. The predicted molar refractivity (Wildman–Crippen MR) is 76.1 cm³/mol. The first kappa shape index (κ1) is 14.3. The summed E-state index contributed by atoms with van der Waals surface area (Å²) in [5, 5.41) is 8.97. The first-order chi connectivity index (χ1) is 9.20. The van der Waals surface area contributed by atoms with Crippen LogP contribution >= 0.6 is 15.9 Å². The van der Waals surface area contributed by atoms with E-state index in [4.69, 9.17) is 9.84 Å². The maximum atomic E-state index is 12.0. The molecule has 19 heavy (non-hydrogen) atoms. The highest BCUT2D eigenvalue weighted by molar-refractivity contribution is 9.10. The normalized spacial score (nSPS) is 14.2. The van der Waals surface area contributed by atoms with Gasteiger partial charge in [0.15, 0.2) is 0 Å². The molecule has 0 aromatic heterocycles. The minimum Gasteiger partial charge on any atom is -0.493 e. The van der Waals surface area contributed by atoms with Gasteiger partial charge in [-0.3, -0.25) is 4.79 Å². The lowest BCUT2D eigenvalue weighted by atomic mass is 10.3. The molecule has 1 aliphatic rings. The third kappa shape index (κ3) is 4.51. The molecule has 1 aromatic rings. The summed E-state index contributed by atoms with van der Waals surface area (Å²) in [4.78, 5) is 13.8. The van der Waals surface area contributed by atoms with E-state index in [1.807, 2.05) is 24.3 Å². The Morgan fingerprint density at radius 2 is 2.26 bits per heavy atom. The number of aliphatic hydroxyl groups is 1. The van der Waals surface area contributed by atoms with E-state index in [1.54, 1.807) is 4.90 Å². The average Bonchev–Trinajstić information content (AvgIpc) is 3.20. The van der Waals surface area contributed by atoms with Gasteiger partial charge in [0.2, 0.25) is 5.91 Å². The molecule has 1 aromatic carbocycles. The molecule has 0 spiro atoms. The molecule has 1 saturated carbocycles. The van der Waals surface area contributed by atoms with Gasteiger partial charge in [0.1, 0.15) is 5.75 Å². The minimum atomic E-state index is 0.0225. The first-order valence-electron chi connectivity index (χ1n) is 6.49. The Kier molecular flexibility index (Phi) is 5.22. The van der Waals surface area contributed by atoms with Gasteiger partial charge in [-0.05, 0) is 31.0 Å². The van der Waals surface area contributed by atoms with Gasteiger partial charge in [-0.2, -0.15) is 0 Å². The largest absolute Gasteiger partial charge is 0.493 e. The molecule has 0 unspecified atom stereocenters. The highest BCUT2D eigenvalue weighted by atomic mass is 79.9. The van der Waals surface area contributed by atoms with Crippen LogP contribution in [0.25, 0.3) is 0 Å². The molecular weight excluding hydrogens is 310 g/mol. The standard InChI is InChI=1S/C14H18BrNO3/c15-11-2-1-3-13(10-11)19-9-6-14(18)16(7-8-17)12-4-5-12/h1-3,10,12,17H,4-9H2. The van der Waals surface area contributed by atoms with Crippen LogP contribution in [0, 0.1) is 0 Å². The molecule has 0 heterocycles. The summed E-state index contributed by atoms with van der Waals surface area (Å²) >= 11 is 3.37. The van der Waals surface area contributed by atoms with E-state index in [2.05, 4.69) is 15.9 Å². The minimum absolute atomic E-state index is 0.0225. The summed E-state index contributed by atoms with van der Waals surface area (Å²) in [5.74, 6) is 0.814. The van der Waals surface area contributed by atoms with Gasteiger partial charge in [-0.1, -0.05) is 22.0 Å². The number of amides is 1. The second kappa shape index (κ2) is 6.91. The van der Waals surface area contributed by atoms with Crippen LogP contribution in [0.15, 0.2) is 28.7 Å². The molecule has 2 rings (SSSR count). The Morgan fingerprint density at radius 1 is 1.47 bits per heavy atom. The zero-order chi connectivity index (χ0) is 13.7. The molecule has 0 aliphatic heterocycles. The van der Waals surface area contributed by atoms with E-state index in [9.17, 15) is 4.79 Å². The van der Waals surface area contributed by atoms with E-state index >= 15 is 0 Å². The van der Waals surface area contributed by atoms with Gasteiger partial charge in [-0.25, -0.2) is 0 Å². The summed E-state index contributed by atoms with van der Waals surface area (Å²) in [5.41, 5.74) is 0. The molecule has 4 nitrogen and oxygen atoms in total. The molecule has 104 valence electrons. The number of halogens is 1. The number of hydrogen-bond acceptors (Lipinski definition) is 3. The summed E-state index contributed by atoms with van der Waals surface area (Å²) in [6, 6.07) is 7.89. The van der Waals surface area contributed by atoms with E-state index in [0.29, 0.717) is 25.6 Å². The van der Waals surface area contributed by atoms with Crippen molar-refractivity contribution in [2.45, 2.75) is 25.3 Å². The van der Waals surface area contributed by atoms with Gasteiger partial charge >= 0.3 is 0 Å². The Morgan fingerprint density at radius 3 is 2.89 bits per heavy atom. The number of hydrogen-bond donors (Lipinski definition) is 1. The van der Waals surface area contributed by atoms with Crippen molar-refractivity contribution < 1.29 is 14.6 Å². The van der Waals surface area contributed by atoms with Gasteiger partial charge in [0, 0.05) is 17.1 Å². The topological polar surface area (TPSA) is 49.8 Å². The van der Waals surface area contributed by atoms with Crippen LogP contribution in [0.3, 0.4) is 0 Å². The summed E-state index contributed by atoms with van der Waals surface area (Å²) in [7, 11) is 0. The van der Waals surface area contributed by atoms with Crippen molar-refractivity contribution in [3.63, 3.8) is 0 Å². The molecule has 0 saturated heterocycles. The Balaban J connectivity index is 1.76. The molecule has 0 bridgehead atoms. The van der Waals surface area contributed by atoms with Crippen molar-refractivity contribution in [2.24, 2.45) is 0 Å². The molecule has 1 N–H and O–H groups in total. The second-order valence-electron chi connectivity index (χ2n) is 4.60. The first-order valence-corrected chi connectivity index (χ1v) is 7.28. The summed E-state index contributed by atoms with van der Waals surface area (Å²) in [6.45, 7) is 0.819.